The minimum Gasteiger partial charge on any atom is -0.461 e. The Morgan fingerprint density at radius 1 is 0.778 bits per heavy atom. The van der Waals surface area contributed by atoms with Crippen LogP contribution in [0.4, 0.5) is 0 Å². The van der Waals surface area contributed by atoms with Gasteiger partial charge in [0.05, 0.1) is 12.2 Å². The molecule has 0 fully saturated rings. The van der Waals surface area contributed by atoms with Crippen LogP contribution in [0.3, 0.4) is 0 Å². The van der Waals surface area contributed by atoms with E-state index in [0.29, 0.717) is 19.4 Å². The van der Waals surface area contributed by atoms with Crippen molar-refractivity contribution in [3.8, 4) is 0 Å². The number of nitrogens with one attached hydrogen (secondary N) is 1. The monoisotopic (exact) mass is 511 g/mol. The number of ether oxygens (including phenoxy) is 1. The van der Waals surface area contributed by atoms with E-state index < -0.39 is 24.4 Å². The van der Waals surface area contributed by atoms with E-state index >= 15 is 0 Å². The Bertz CT molecular complexity index is 671. The molecule has 36 heavy (non-hydrogen) atoms. The Morgan fingerprint density at radius 2 is 1.36 bits per heavy atom. The number of carbonyl (C=O) groups is 2. The summed E-state index contributed by atoms with van der Waals surface area (Å²) in [5.74, 6) is -0.275. The van der Waals surface area contributed by atoms with Gasteiger partial charge in [-0.2, -0.15) is 0 Å². The first-order valence-corrected chi connectivity index (χ1v) is 13.4. The van der Waals surface area contributed by atoms with E-state index in [4.69, 9.17) is 4.74 Å². The van der Waals surface area contributed by atoms with Crippen molar-refractivity contribution in [2.45, 2.75) is 122 Å². The molecule has 8 nitrogen and oxygen atoms in total. The fourth-order valence-corrected chi connectivity index (χ4v) is 3.32. The van der Waals surface area contributed by atoms with Gasteiger partial charge in [0.25, 0.3) is 0 Å². The van der Waals surface area contributed by atoms with Crippen LogP contribution >= 0.6 is 0 Å². The lowest BCUT2D eigenvalue weighted by Gasteiger charge is -2.26. The largest absolute Gasteiger partial charge is 0.461 e. The SMILES string of the molecule is CCCCC(=O)NC[C@H](O)[C@@H](O)[C@H](O)[C@H](O)CC.CCCCCCCCC(=O)OCc1ccccc1. The molecule has 0 aliphatic rings. The highest BCUT2D eigenvalue weighted by molar-refractivity contribution is 5.75. The van der Waals surface area contributed by atoms with Crippen LogP contribution in [0.1, 0.15) is 97.0 Å². The van der Waals surface area contributed by atoms with E-state index in [0.717, 1.165) is 31.2 Å². The first kappa shape index (κ1) is 34.0. The molecule has 0 heterocycles. The fraction of sp³-hybridized carbons (Fsp3) is 0.714. The van der Waals surface area contributed by atoms with Gasteiger partial charge in [-0.1, -0.05) is 89.6 Å². The lowest BCUT2D eigenvalue weighted by Crippen LogP contribution is -2.48. The van der Waals surface area contributed by atoms with Gasteiger partial charge in [-0.3, -0.25) is 9.59 Å². The molecule has 0 saturated heterocycles. The number of carbonyl (C=O) groups excluding carboxylic acids is 2. The van der Waals surface area contributed by atoms with Crippen molar-refractivity contribution in [3.63, 3.8) is 0 Å². The number of aliphatic hydroxyl groups excluding tert-OH is 4. The summed E-state index contributed by atoms with van der Waals surface area (Å²) >= 11 is 0. The average molecular weight is 512 g/mol. The molecule has 0 aliphatic heterocycles. The van der Waals surface area contributed by atoms with Crippen molar-refractivity contribution in [2.24, 2.45) is 0 Å². The lowest BCUT2D eigenvalue weighted by molar-refractivity contribution is -0.145. The van der Waals surface area contributed by atoms with Crippen LogP contribution in [0.15, 0.2) is 30.3 Å². The van der Waals surface area contributed by atoms with Gasteiger partial charge in [0, 0.05) is 19.4 Å². The average Bonchev–Trinajstić information content (AvgIpc) is 2.90. The zero-order valence-electron chi connectivity index (χ0n) is 22.4. The first-order valence-electron chi connectivity index (χ1n) is 13.4. The maximum atomic E-state index is 11.5. The van der Waals surface area contributed by atoms with Crippen LogP contribution in [0.5, 0.6) is 0 Å². The quantitative estimate of drug-likeness (QED) is 0.150. The minimum absolute atomic E-state index is 0.0747. The van der Waals surface area contributed by atoms with Gasteiger partial charge in [0.15, 0.2) is 0 Å². The molecule has 208 valence electrons. The molecule has 4 atom stereocenters. The molecule has 0 bridgehead atoms. The summed E-state index contributed by atoms with van der Waals surface area (Å²) in [6.45, 7) is 6.08. The van der Waals surface area contributed by atoms with E-state index in [2.05, 4.69) is 12.2 Å². The number of esters is 1. The third kappa shape index (κ3) is 17.4. The maximum Gasteiger partial charge on any atom is 0.306 e. The Morgan fingerprint density at radius 3 is 1.97 bits per heavy atom. The van der Waals surface area contributed by atoms with E-state index in [1.807, 2.05) is 37.3 Å². The molecule has 8 heteroatoms. The van der Waals surface area contributed by atoms with E-state index in [1.165, 1.54) is 25.7 Å². The van der Waals surface area contributed by atoms with Crippen LogP contribution in [0, 0.1) is 0 Å². The summed E-state index contributed by atoms with van der Waals surface area (Å²) in [5, 5.41) is 40.4. The van der Waals surface area contributed by atoms with Crippen LogP contribution in [0.2, 0.25) is 0 Å². The predicted molar refractivity (Wildman–Crippen MR) is 141 cm³/mol. The summed E-state index contributed by atoms with van der Waals surface area (Å²) in [7, 11) is 0. The summed E-state index contributed by atoms with van der Waals surface area (Å²) < 4.78 is 5.22. The highest BCUT2D eigenvalue weighted by Crippen LogP contribution is 2.09. The third-order valence-electron chi connectivity index (χ3n) is 5.80. The smallest absolute Gasteiger partial charge is 0.306 e. The van der Waals surface area contributed by atoms with Crippen LogP contribution in [0.25, 0.3) is 0 Å². The molecule has 0 aromatic heterocycles. The van der Waals surface area contributed by atoms with E-state index in [-0.39, 0.29) is 24.8 Å². The summed E-state index contributed by atoms with van der Waals surface area (Å²) in [4.78, 5) is 22.8. The standard InChI is InChI=1S/C16H24O2.C12H25NO5/c1-2-3-4-5-6-10-13-16(17)18-14-15-11-8-7-9-12-15;1-3-5-6-10(16)13-7-9(15)12(18)11(17)8(14)4-2/h7-9,11-12H,2-6,10,13-14H2,1H3;8-9,11-12,14-15,17-18H,3-7H2,1-2H3,(H,13,16)/t;8-,9+,11-,12-/m.1/s1. The fourth-order valence-electron chi connectivity index (χ4n) is 3.32. The number of rotatable bonds is 18. The molecule has 0 spiro atoms. The molecule has 1 amide bonds. The molecule has 1 aromatic carbocycles. The number of amides is 1. The molecule has 0 radical (unpaired) electrons. The molecule has 0 unspecified atom stereocenters. The van der Waals surface area contributed by atoms with Gasteiger partial charge in [0.2, 0.25) is 5.91 Å². The van der Waals surface area contributed by atoms with Gasteiger partial charge in [0.1, 0.15) is 18.8 Å². The van der Waals surface area contributed by atoms with Gasteiger partial charge in [-0.25, -0.2) is 0 Å². The van der Waals surface area contributed by atoms with Gasteiger partial charge in [-0.05, 0) is 24.8 Å². The minimum atomic E-state index is -1.48. The van der Waals surface area contributed by atoms with Crippen molar-refractivity contribution in [1.29, 1.82) is 0 Å². The Hall–Kier alpha value is -2.00. The maximum absolute atomic E-state index is 11.5. The summed E-state index contributed by atoms with van der Waals surface area (Å²) in [6, 6.07) is 9.81. The molecule has 0 saturated carbocycles. The summed E-state index contributed by atoms with van der Waals surface area (Å²) in [5.41, 5.74) is 1.05. The number of hydrogen-bond donors (Lipinski definition) is 5. The Labute approximate surface area is 217 Å². The second kappa shape index (κ2) is 22.2. The van der Waals surface area contributed by atoms with Gasteiger partial charge < -0.3 is 30.5 Å². The summed E-state index contributed by atoms with van der Waals surface area (Å²) in [6.07, 6.45) is 4.76. The van der Waals surface area contributed by atoms with Crippen molar-refractivity contribution in [1.82, 2.24) is 5.32 Å². The second-order valence-corrected chi connectivity index (χ2v) is 9.10. The number of unbranched alkanes of at least 4 members (excludes halogenated alkanes) is 6. The van der Waals surface area contributed by atoms with E-state index in [1.54, 1.807) is 6.92 Å². The Kier molecular flexibility index (Phi) is 21.0. The van der Waals surface area contributed by atoms with Crippen molar-refractivity contribution in [3.05, 3.63) is 35.9 Å². The molecular formula is C28H49NO7. The zero-order chi connectivity index (χ0) is 27.2. The highest BCUT2D eigenvalue weighted by atomic mass is 16.5. The third-order valence-corrected chi connectivity index (χ3v) is 5.80. The van der Waals surface area contributed by atoms with Gasteiger partial charge in [-0.15, -0.1) is 0 Å². The molecular weight excluding hydrogens is 462 g/mol. The van der Waals surface area contributed by atoms with Crippen LogP contribution in [-0.4, -0.2) is 63.3 Å². The number of hydrogen-bond acceptors (Lipinski definition) is 7. The molecule has 0 aliphatic carbocycles. The number of aliphatic hydroxyl groups is 4. The van der Waals surface area contributed by atoms with Crippen molar-refractivity contribution < 1.29 is 34.8 Å². The normalized spacial score (nSPS) is 14.1. The van der Waals surface area contributed by atoms with Crippen molar-refractivity contribution in [2.75, 3.05) is 6.54 Å². The van der Waals surface area contributed by atoms with Gasteiger partial charge >= 0.3 is 5.97 Å². The van der Waals surface area contributed by atoms with Crippen LogP contribution in [-0.2, 0) is 20.9 Å². The topological polar surface area (TPSA) is 136 Å². The van der Waals surface area contributed by atoms with Crippen molar-refractivity contribution >= 4 is 11.9 Å². The van der Waals surface area contributed by atoms with E-state index in [9.17, 15) is 30.0 Å². The number of benzene rings is 1. The molecule has 5 N–H and O–H groups in total. The van der Waals surface area contributed by atoms with Crippen LogP contribution < -0.4 is 5.32 Å². The molecule has 1 aromatic rings. The second-order valence-electron chi connectivity index (χ2n) is 9.10. The zero-order valence-corrected chi connectivity index (χ0v) is 22.4. The lowest BCUT2D eigenvalue weighted by atomic mass is 10.0. The highest BCUT2D eigenvalue weighted by Gasteiger charge is 2.29. The Balaban J connectivity index is 0.000000681. The predicted octanol–water partition coefficient (Wildman–Crippen LogP) is 3.63. The molecule has 1 rings (SSSR count). The first-order chi connectivity index (χ1) is 17.3.